The molecule has 6 heteroatoms. The van der Waals surface area contributed by atoms with E-state index >= 15 is 0 Å². The molecule has 2 rings (SSSR count). The van der Waals surface area contributed by atoms with Gasteiger partial charge >= 0.3 is 5.97 Å². The van der Waals surface area contributed by atoms with Crippen molar-refractivity contribution in [3.63, 3.8) is 0 Å². The van der Waals surface area contributed by atoms with Crippen LogP contribution in [0.15, 0.2) is 22.7 Å². The maximum atomic E-state index is 12.9. The minimum Gasteiger partial charge on any atom is -0.481 e. The molecule has 1 aliphatic rings. The predicted octanol–water partition coefficient (Wildman–Crippen LogP) is 2.85. The van der Waals surface area contributed by atoms with Crippen molar-refractivity contribution in [3.8, 4) is 0 Å². The van der Waals surface area contributed by atoms with Gasteiger partial charge in [-0.1, -0.05) is 22.0 Å². The molecule has 1 aliphatic heterocycles. The number of hydrogen-bond acceptors (Lipinski definition) is 3. The van der Waals surface area contributed by atoms with E-state index in [4.69, 9.17) is 9.84 Å². The Morgan fingerprint density at radius 2 is 2.05 bits per heavy atom. The van der Waals surface area contributed by atoms with Gasteiger partial charge in [-0.15, -0.1) is 0 Å². The molecule has 1 aromatic rings. The lowest BCUT2D eigenvalue weighted by Gasteiger charge is -2.34. The molecule has 0 unspecified atom stereocenters. The number of hydrogen-bond donors (Lipinski definition) is 1. The van der Waals surface area contributed by atoms with Crippen molar-refractivity contribution in [2.45, 2.75) is 32.2 Å². The van der Waals surface area contributed by atoms with Crippen LogP contribution in [0.3, 0.4) is 0 Å². The first kappa shape index (κ1) is 17.0. The van der Waals surface area contributed by atoms with Crippen LogP contribution in [0.1, 0.15) is 35.2 Å². The van der Waals surface area contributed by atoms with Crippen LogP contribution in [0.25, 0.3) is 0 Å². The van der Waals surface area contributed by atoms with Gasteiger partial charge in [-0.3, -0.25) is 9.59 Å². The second kappa shape index (κ2) is 7.74. The molecule has 120 valence electrons. The summed E-state index contributed by atoms with van der Waals surface area (Å²) in [5.74, 6) is -0.997. The number of ether oxygens (including phenoxy) is 1. The number of nitrogens with zero attached hydrogens (tertiary/aromatic N) is 1. The smallest absolute Gasteiger partial charge is 0.305 e. The lowest BCUT2D eigenvalue weighted by Crippen LogP contribution is -2.44. The number of amides is 1. The molecule has 5 nitrogen and oxygen atoms in total. The second-order valence-electron chi connectivity index (χ2n) is 5.40. The van der Waals surface area contributed by atoms with Gasteiger partial charge in [-0.25, -0.2) is 0 Å². The van der Waals surface area contributed by atoms with Crippen molar-refractivity contribution in [2.24, 2.45) is 0 Å². The van der Waals surface area contributed by atoms with E-state index in [2.05, 4.69) is 15.9 Å². The summed E-state index contributed by atoms with van der Waals surface area (Å²) < 4.78 is 6.22. The fourth-order valence-electron chi connectivity index (χ4n) is 2.66. The lowest BCUT2D eigenvalue weighted by atomic mass is 10.0. The Morgan fingerprint density at radius 1 is 1.36 bits per heavy atom. The summed E-state index contributed by atoms with van der Waals surface area (Å²) in [7, 11) is 0. The zero-order valence-electron chi connectivity index (χ0n) is 12.5. The highest BCUT2D eigenvalue weighted by molar-refractivity contribution is 9.10. The third kappa shape index (κ3) is 4.08. The maximum Gasteiger partial charge on any atom is 0.305 e. The van der Waals surface area contributed by atoms with E-state index in [1.165, 1.54) is 0 Å². The minimum absolute atomic E-state index is 0.0407. The zero-order valence-corrected chi connectivity index (χ0v) is 14.1. The summed E-state index contributed by atoms with van der Waals surface area (Å²) in [6.07, 6.45) is 1.45. The first-order valence-corrected chi connectivity index (χ1v) is 8.15. The highest BCUT2D eigenvalue weighted by atomic mass is 79.9. The van der Waals surface area contributed by atoms with Crippen LogP contribution in [0, 0.1) is 6.92 Å². The summed E-state index contributed by atoms with van der Waals surface area (Å²) in [6.45, 7) is 3.33. The van der Waals surface area contributed by atoms with Gasteiger partial charge in [0.05, 0.1) is 6.42 Å². The molecule has 0 atom stereocenters. The van der Waals surface area contributed by atoms with Crippen LogP contribution in [-0.4, -0.2) is 47.7 Å². The van der Waals surface area contributed by atoms with Gasteiger partial charge in [0.15, 0.2) is 0 Å². The molecule has 0 bridgehead atoms. The van der Waals surface area contributed by atoms with Gasteiger partial charge in [0.2, 0.25) is 0 Å². The molecule has 1 amide bonds. The Labute approximate surface area is 138 Å². The highest BCUT2D eigenvalue weighted by Crippen LogP contribution is 2.23. The number of carboxylic acid groups (broad SMARTS) is 1. The average Bonchev–Trinajstić information content (AvgIpc) is 2.51. The Kier molecular flexibility index (Phi) is 5.97. The van der Waals surface area contributed by atoms with E-state index in [1.807, 2.05) is 19.1 Å². The Hall–Kier alpha value is -1.40. The maximum absolute atomic E-state index is 12.9. The van der Waals surface area contributed by atoms with E-state index in [9.17, 15) is 9.59 Å². The van der Waals surface area contributed by atoms with Crippen molar-refractivity contribution in [3.05, 3.63) is 33.8 Å². The molecule has 0 saturated carbocycles. The van der Waals surface area contributed by atoms with Crippen LogP contribution in [0.2, 0.25) is 0 Å². The SMILES string of the molecule is Cc1c(Br)cccc1C(=O)N(CCC(=O)O)C1CCOCC1. The average molecular weight is 370 g/mol. The van der Waals surface area contributed by atoms with Crippen molar-refractivity contribution in [2.75, 3.05) is 19.8 Å². The molecular weight excluding hydrogens is 350 g/mol. The molecule has 1 heterocycles. The van der Waals surface area contributed by atoms with E-state index in [0.717, 1.165) is 22.9 Å². The fourth-order valence-corrected chi connectivity index (χ4v) is 3.02. The second-order valence-corrected chi connectivity index (χ2v) is 6.25. The Bertz CT molecular complexity index is 555. The van der Waals surface area contributed by atoms with Crippen LogP contribution in [-0.2, 0) is 9.53 Å². The number of aliphatic carboxylic acids is 1. The summed E-state index contributed by atoms with van der Waals surface area (Å²) in [5, 5.41) is 8.94. The summed E-state index contributed by atoms with van der Waals surface area (Å²) in [5.41, 5.74) is 1.49. The van der Waals surface area contributed by atoms with Crippen LogP contribution in [0.5, 0.6) is 0 Å². The minimum atomic E-state index is -0.893. The molecule has 0 spiro atoms. The first-order valence-electron chi connectivity index (χ1n) is 7.36. The van der Waals surface area contributed by atoms with Crippen molar-refractivity contribution >= 4 is 27.8 Å². The number of rotatable bonds is 5. The zero-order chi connectivity index (χ0) is 16.1. The Morgan fingerprint density at radius 3 is 2.68 bits per heavy atom. The van der Waals surface area contributed by atoms with Crippen molar-refractivity contribution in [1.82, 2.24) is 4.90 Å². The van der Waals surface area contributed by atoms with E-state index < -0.39 is 5.97 Å². The van der Waals surface area contributed by atoms with Crippen molar-refractivity contribution in [1.29, 1.82) is 0 Å². The van der Waals surface area contributed by atoms with Gasteiger partial charge in [0.1, 0.15) is 0 Å². The largest absolute Gasteiger partial charge is 0.481 e. The molecule has 0 aromatic heterocycles. The van der Waals surface area contributed by atoms with Crippen LogP contribution >= 0.6 is 15.9 Å². The predicted molar refractivity (Wildman–Crippen MR) is 86.0 cm³/mol. The molecular formula is C16H20BrNO4. The number of benzene rings is 1. The van der Waals surface area contributed by atoms with Gasteiger partial charge in [-0.2, -0.15) is 0 Å². The molecule has 1 aromatic carbocycles. The summed E-state index contributed by atoms with van der Waals surface area (Å²) in [4.78, 5) is 25.5. The topological polar surface area (TPSA) is 66.8 Å². The summed E-state index contributed by atoms with van der Waals surface area (Å²) in [6, 6.07) is 5.54. The van der Waals surface area contributed by atoms with Gasteiger partial charge in [0, 0.05) is 35.8 Å². The van der Waals surface area contributed by atoms with E-state index in [0.29, 0.717) is 18.8 Å². The van der Waals surface area contributed by atoms with Crippen LogP contribution < -0.4 is 0 Å². The third-order valence-corrected chi connectivity index (χ3v) is 4.82. The van der Waals surface area contributed by atoms with Crippen molar-refractivity contribution < 1.29 is 19.4 Å². The third-order valence-electron chi connectivity index (χ3n) is 3.96. The number of carbonyl (C=O) groups excluding carboxylic acids is 1. The number of halogens is 1. The molecule has 0 radical (unpaired) electrons. The number of carbonyl (C=O) groups is 2. The standard InChI is InChI=1S/C16H20BrNO4/c1-11-13(3-2-4-14(11)17)16(21)18(8-5-15(19)20)12-6-9-22-10-7-12/h2-4,12H,5-10H2,1H3,(H,19,20). The monoisotopic (exact) mass is 369 g/mol. The lowest BCUT2D eigenvalue weighted by molar-refractivity contribution is -0.137. The van der Waals surface area contributed by atoms with Gasteiger partial charge in [0.25, 0.3) is 5.91 Å². The number of carboxylic acids is 1. The molecule has 22 heavy (non-hydrogen) atoms. The van der Waals surface area contributed by atoms with Gasteiger partial charge in [-0.05, 0) is 37.5 Å². The first-order chi connectivity index (χ1) is 10.5. The Balaban J connectivity index is 2.24. The molecule has 0 aliphatic carbocycles. The van der Waals surface area contributed by atoms with Crippen LogP contribution in [0.4, 0.5) is 0 Å². The molecule has 1 N–H and O–H groups in total. The fraction of sp³-hybridized carbons (Fsp3) is 0.500. The van der Waals surface area contributed by atoms with E-state index in [-0.39, 0.29) is 24.9 Å². The normalized spacial score (nSPS) is 15.5. The highest BCUT2D eigenvalue weighted by Gasteiger charge is 2.28. The molecule has 1 saturated heterocycles. The quantitative estimate of drug-likeness (QED) is 0.866. The summed E-state index contributed by atoms with van der Waals surface area (Å²) >= 11 is 3.44. The van der Waals surface area contributed by atoms with E-state index in [1.54, 1.807) is 11.0 Å². The van der Waals surface area contributed by atoms with Gasteiger partial charge < -0.3 is 14.7 Å². The molecule has 1 fully saturated rings.